The van der Waals surface area contributed by atoms with Crippen LogP contribution in [0, 0.1) is 6.92 Å². The monoisotopic (exact) mass is 230 g/mol. The minimum absolute atomic E-state index is 0.839. The zero-order valence-corrected chi connectivity index (χ0v) is 10.7. The molecule has 0 N–H and O–H groups in total. The quantitative estimate of drug-likeness (QED) is 0.723. The SMILES string of the molecule is C1=NCCN1C1CCCC1.Cc1ccccc1. The van der Waals surface area contributed by atoms with Crippen molar-refractivity contribution in [3.8, 4) is 0 Å². The first-order valence-corrected chi connectivity index (χ1v) is 6.63. The molecule has 0 atom stereocenters. The molecule has 1 aromatic rings. The standard InChI is InChI=1S/C8H14N2.C7H8/c1-2-4-8(3-1)10-6-5-9-7-10;1-7-5-3-2-4-6-7/h7-8H,1-6H2;2-6H,1H3. The molecule has 0 unspecified atom stereocenters. The predicted molar refractivity (Wildman–Crippen MR) is 73.5 cm³/mol. The van der Waals surface area contributed by atoms with Crippen molar-refractivity contribution in [2.45, 2.75) is 38.6 Å². The molecular weight excluding hydrogens is 208 g/mol. The molecule has 0 radical (unpaired) electrons. The number of nitrogens with zero attached hydrogens (tertiary/aromatic N) is 2. The Bertz CT molecular complexity index is 339. The van der Waals surface area contributed by atoms with E-state index in [0.29, 0.717) is 0 Å². The molecule has 0 bridgehead atoms. The Morgan fingerprint density at radius 1 is 1.12 bits per heavy atom. The number of hydrogen-bond acceptors (Lipinski definition) is 2. The number of rotatable bonds is 1. The Labute approximate surface area is 104 Å². The topological polar surface area (TPSA) is 15.6 Å². The molecule has 1 saturated carbocycles. The van der Waals surface area contributed by atoms with Gasteiger partial charge in [0, 0.05) is 12.6 Å². The highest BCUT2D eigenvalue weighted by atomic mass is 15.2. The summed E-state index contributed by atoms with van der Waals surface area (Å²) in [6.07, 6.45) is 7.68. The maximum atomic E-state index is 4.21. The second kappa shape index (κ2) is 6.43. The van der Waals surface area contributed by atoms with Crippen molar-refractivity contribution in [1.82, 2.24) is 4.90 Å². The van der Waals surface area contributed by atoms with E-state index in [0.717, 1.165) is 12.6 Å². The first-order valence-electron chi connectivity index (χ1n) is 6.63. The maximum absolute atomic E-state index is 4.21. The second-order valence-electron chi connectivity index (χ2n) is 4.85. The number of aryl methyl sites for hydroxylation is 1. The molecule has 0 spiro atoms. The van der Waals surface area contributed by atoms with E-state index in [-0.39, 0.29) is 0 Å². The smallest absolute Gasteiger partial charge is 0.0853 e. The molecule has 1 aliphatic carbocycles. The van der Waals surface area contributed by atoms with Gasteiger partial charge in [-0.05, 0) is 19.8 Å². The molecule has 1 aliphatic heterocycles. The van der Waals surface area contributed by atoms with Gasteiger partial charge in [0.05, 0.1) is 12.9 Å². The summed E-state index contributed by atoms with van der Waals surface area (Å²) in [4.78, 5) is 6.62. The van der Waals surface area contributed by atoms with Gasteiger partial charge in [0.2, 0.25) is 0 Å². The highest BCUT2D eigenvalue weighted by Crippen LogP contribution is 2.23. The average Bonchev–Trinajstić information content (AvgIpc) is 3.04. The summed E-state index contributed by atoms with van der Waals surface area (Å²) in [5.74, 6) is 0. The maximum Gasteiger partial charge on any atom is 0.0853 e. The second-order valence-corrected chi connectivity index (χ2v) is 4.85. The lowest BCUT2D eigenvalue weighted by Gasteiger charge is -2.21. The van der Waals surface area contributed by atoms with E-state index < -0.39 is 0 Å². The summed E-state index contributed by atoms with van der Waals surface area (Å²) >= 11 is 0. The Kier molecular flexibility index (Phi) is 4.60. The van der Waals surface area contributed by atoms with Crippen LogP contribution in [0.25, 0.3) is 0 Å². The van der Waals surface area contributed by atoms with Crippen LogP contribution in [0.15, 0.2) is 35.3 Å². The van der Waals surface area contributed by atoms with Crippen molar-refractivity contribution in [2.75, 3.05) is 13.1 Å². The molecule has 2 aliphatic rings. The van der Waals surface area contributed by atoms with E-state index in [1.165, 1.54) is 37.8 Å². The molecule has 3 rings (SSSR count). The number of benzene rings is 1. The fourth-order valence-electron chi connectivity index (χ4n) is 2.44. The van der Waals surface area contributed by atoms with Crippen molar-refractivity contribution < 1.29 is 0 Å². The first-order chi connectivity index (χ1) is 8.36. The van der Waals surface area contributed by atoms with Crippen molar-refractivity contribution in [3.05, 3.63) is 35.9 Å². The van der Waals surface area contributed by atoms with Gasteiger partial charge in [-0.1, -0.05) is 48.7 Å². The third kappa shape index (κ3) is 3.88. The van der Waals surface area contributed by atoms with E-state index in [1.54, 1.807) is 0 Å². The normalized spacial score (nSPS) is 19.2. The summed E-state index contributed by atoms with van der Waals surface area (Å²) in [6, 6.07) is 11.1. The van der Waals surface area contributed by atoms with Crippen molar-refractivity contribution in [2.24, 2.45) is 4.99 Å². The van der Waals surface area contributed by atoms with Crippen molar-refractivity contribution in [3.63, 3.8) is 0 Å². The van der Waals surface area contributed by atoms with Crippen LogP contribution in [0.3, 0.4) is 0 Å². The highest BCUT2D eigenvalue weighted by molar-refractivity contribution is 5.57. The summed E-state index contributed by atoms with van der Waals surface area (Å²) in [5, 5.41) is 0. The summed E-state index contributed by atoms with van der Waals surface area (Å²) in [7, 11) is 0. The Balaban J connectivity index is 0.000000136. The van der Waals surface area contributed by atoms with Gasteiger partial charge in [0.25, 0.3) is 0 Å². The van der Waals surface area contributed by atoms with Gasteiger partial charge in [0.15, 0.2) is 0 Å². The molecule has 1 fully saturated rings. The summed E-state index contributed by atoms with van der Waals surface area (Å²) < 4.78 is 0. The molecular formula is C15H22N2. The van der Waals surface area contributed by atoms with Gasteiger partial charge in [-0.3, -0.25) is 4.99 Å². The zero-order chi connectivity index (χ0) is 11.9. The third-order valence-corrected chi connectivity index (χ3v) is 3.45. The van der Waals surface area contributed by atoms with Gasteiger partial charge >= 0.3 is 0 Å². The molecule has 1 aromatic carbocycles. The summed E-state index contributed by atoms with van der Waals surface area (Å²) in [5.41, 5.74) is 1.32. The van der Waals surface area contributed by atoms with E-state index in [9.17, 15) is 0 Å². The third-order valence-electron chi connectivity index (χ3n) is 3.45. The van der Waals surface area contributed by atoms with Crippen molar-refractivity contribution in [1.29, 1.82) is 0 Å². The van der Waals surface area contributed by atoms with E-state index >= 15 is 0 Å². The fourth-order valence-corrected chi connectivity index (χ4v) is 2.44. The van der Waals surface area contributed by atoms with Crippen LogP contribution in [0.1, 0.15) is 31.2 Å². The van der Waals surface area contributed by atoms with Gasteiger partial charge in [0.1, 0.15) is 0 Å². The molecule has 0 aromatic heterocycles. The lowest BCUT2D eigenvalue weighted by atomic mass is 10.2. The minimum atomic E-state index is 0.839. The van der Waals surface area contributed by atoms with Gasteiger partial charge in [-0.25, -0.2) is 0 Å². The van der Waals surface area contributed by atoms with Crippen LogP contribution in [-0.2, 0) is 0 Å². The molecule has 17 heavy (non-hydrogen) atoms. The lowest BCUT2D eigenvalue weighted by Crippen LogP contribution is -2.30. The van der Waals surface area contributed by atoms with E-state index in [1.807, 2.05) is 24.5 Å². The van der Waals surface area contributed by atoms with E-state index in [2.05, 4.69) is 28.9 Å². The Morgan fingerprint density at radius 2 is 1.82 bits per heavy atom. The van der Waals surface area contributed by atoms with Crippen molar-refractivity contribution >= 4 is 6.34 Å². The van der Waals surface area contributed by atoms with E-state index in [4.69, 9.17) is 0 Å². The van der Waals surface area contributed by atoms with Gasteiger partial charge in [-0.2, -0.15) is 0 Å². The Morgan fingerprint density at radius 3 is 2.29 bits per heavy atom. The largest absolute Gasteiger partial charge is 0.358 e. The first kappa shape index (κ1) is 12.2. The zero-order valence-electron chi connectivity index (χ0n) is 10.7. The molecule has 1 heterocycles. The lowest BCUT2D eigenvalue weighted by molar-refractivity contribution is 0.349. The molecule has 0 amide bonds. The van der Waals surface area contributed by atoms with Crippen LogP contribution in [-0.4, -0.2) is 30.4 Å². The van der Waals surface area contributed by atoms with Crippen LogP contribution >= 0.6 is 0 Å². The fraction of sp³-hybridized carbons (Fsp3) is 0.533. The molecule has 92 valence electrons. The minimum Gasteiger partial charge on any atom is -0.358 e. The van der Waals surface area contributed by atoms with Crippen LogP contribution in [0.4, 0.5) is 0 Å². The Hall–Kier alpha value is -1.31. The van der Waals surface area contributed by atoms with Gasteiger partial charge in [-0.15, -0.1) is 0 Å². The average molecular weight is 230 g/mol. The van der Waals surface area contributed by atoms with Gasteiger partial charge < -0.3 is 4.90 Å². The number of aliphatic imine (C=N–C) groups is 1. The van der Waals surface area contributed by atoms with Crippen LogP contribution in [0.2, 0.25) is 0 Å². The predicted octanol–water partition coefficient (Wildman–Crippen LogP) is 3.27. The summed E-state index contributed by atoms with van der Waals surface area (Å²) in [6.45, 7) is 4.28. The molecule has 2 heteroatoms. The molecule has 2 nitrogen and oxygen atoms in total. The van der Waals surface area contributed by atoms with Crippen LogP contribution in [0.5, 0.6) is 0 Å². The van der Waals surface area contributed by atoms with Crippen LogP contribution < -0.4 is 0 Å². The molecule has 0 saturated heterocycles. The highest BCUT2D eigenvalue weighted by Gasteiger charge is 2.21. The number of hydrogen-bond donors (Lipinski definition) is 0.